The molecule has 0 amide bonds. The predicted octanol–water partition coefficient (Wildman–Crippen LogP) is 0.828. The summed E-state index contributed by atoms with van der Waals surface area (Å²) >= 11 is 1.98. The predicted molar refractivity (Wildman–Crippen MR) is 49.1 cm³/mol. The Morgan fingerprint density at radius 2 is 2.25 bits per heavy atom. The van der Waals surface area contributed by atoms with Gasteiger partial charge >= 0.3 is 11.9 Å². The van der Waals surface area contributed by atoms with Crippen molar-refractivity contribution in [2.45, 2.75) is 16.8 Å². The number of esters is 1. The van der Waals surface area contributed by atoms with Crippen molar-refractivity contribution in [3.8, 4) is 0 Å². The molecular formula is C7H9IO4. The topological polar surface area (TPSA) is 63.6 Å². The van der Waals surface area contributed by atoms with Gasteiger partial charge in [0, 0.05) is 3.92 Å². The highest BCUT2D eigenvalue weighted by molar-refractivity contribution is 14.1. The molecule has 1 saturated carbocycles. The second-order valence-electron chi connectivity index (χ2n) is 2.77. The van der Waals surface area contributed by atoms with E-state index in [1.165, 1.54) is 7.11 Å². The number of carbonyl (C=O) groups excluding carboxylic acids is 1. The Kier molecular flexibility index (Phi) is 2.60. The number of aliphatic carboxylic acids is 1. The number of ether oxygens (including phenoxy) is 1. The van der Waals surface area contributed by atoms with E-state index in [0.29, 0.717) is 6.42 Å². The molecule has 1 aliphatic rings. The molecule has 1 rings (SSSR count). The maximum absolute atomic E-state index is 11.2. The second-order valence-corrected chi connectivity index (χ2v) is 4.28. The lowest BCUT2D eigenvalue weighted by Crippen LogP contribution is -2.54. The number of carbonyl (C=O) groups is 2. The van der Waals surface area contributed by atoms with Gasteiger partial charge in [-0.05, 0) is 12.8 Å². The average molecular weight is 284 g/mol. The van der Waals surface area contributed by atoms with E-state index >= 15 is 0 Å². The Balaban J connectivity index is 2.88. The van der Waals surface area contributed by atoms with Gasteiger partial charge in [0.05, 0.1) is 7.11 Å². The second kappa shape index (κ2) is 3.20. The minimum absolute atomic E-state index is 0.139. The molecule has 12 heavy (non-hydrogen) atoms. The molecule has 0 aliphatic heterocycles. The van der Waals surface area contributed by atoms with E-state index in [0.717, 1.165) is 6.42 Å². The number of carboxylic acids is 1. The first kappa shape index (κ1) is 9.76. The molecule has 5 heteroatoms. The van der Waals surface area contributed by atoms with E-state index in [4.69, 9.17) is 5.11 Å². The molecule has 0 aromatic heterocycles. The van der Waals surface area contributed by atoms with Gasteiger partial charge < -0.3 is 9.84 Å². The van der Waals surface area contributed by atoms with Crippen LogP contribution in [0, 0.1) is 5.41 Å². The van der Waals surface area contributed by atoms with Gasteiger partial charge in [0.1, 0.15) is 0 Å². The lowest BCUT2D eigenvalue weighted by Gasteiger charge is -2.39. The van der Waals surface area contributed by atoms with Crippen molar-refractivity contribution >= 4 is 34.5 Å². The van der Waals surface area contributed by atoms with E-state index in [1.54, 1.807) is 0 Å². The first-order valence-corrected chi connectivity index (χ1v) is 4.76. The van der Waals surface area contributed by atoms with Gasteiger partial charge in [-0.25, -0.2) is 0 Å². The Morgan fingerprint density at radius 3 is 2.33 bits per heavy atom. The largest absolute Gasteiger partial charge is 0.480 e. The highest BCUT2D eigenvalue weighted by Crippen LogP contribution is 2.47. The molecule has 2 unspecified atom stereocenters. The summed E-state index contributed by atoms with van der Waals surface area (Å²) in [6, 6.07) is 0. The Morgan fingerprint density at radius 1 is 1.67 bits per heavy atom. The Labute approximate surface area is 83.4 Å². The molecular weight excluding hydrogens is 275 g/mol. The molecule has 2 atom stereocenters. The van der Waals surface area contributed by atoms with Crippen LogP contribution in [0.25, 0.3) is 0 Å². The van der Waals surface area contributed by atoms with Crippen molar-refractivity contribution in [3.05, 3.63) is 0 Å². The fraction of sp³-hybridized carbons (Fsp3) is 0.714. The molecule has 0 aromatic carbocycles. The van der Waals surface area contributed by atoms with E-state index in [9.17, 15) is 9.59 Å². The number of methoxy groups -OCH3 is 1. The van der Waals surface area contributed by atoms with Crippen molar-refractivity contribution in [2.24, 2.45) is 5.41 Å². The summed E-state index contributed by atoms with van der Waals surface area (Å²) in [5.41, 5.74) is -1.27. The number of halogens is 1. The summed E-state index contributed by atoms with van der Waals surface area (Å²) in [4.78, 5) is 22.0. The highest BCUT2D eigenvalue weighted by atomic mass is 127. The van der Waals surface area contributed by atoms with Crippen molar-refractivity contribution in [2.75, 3.05) is 7.11 Å². The molecule has 0 aromatic rings. The molecule has 0 radical (unpaired) electrons. The van der Waals surface area contributed by atoms with Crippen molar-refractivity contribution in [1.29, 1.82) is 0 Å². The molecule has 0 heterocycles. The summed E-state index contributed by atoms with van der Waals surface area (Å²) in [7, 11) is 1.22. The van der Waals surface area contributed by atoms with Gasteiger partial charge in [0.2, 0.25) is 0 Å². The monoisotopic (exact) mass is 284 g/mol. The molecule has 1 fully saturated rings. The zero-order valence-corrected chi connectivity index (χ0v) is 8.70. The van der Waals surface area contributed by atoms with Crippen LogP contribution >= 0.6 is 22.6 Å². The summed E-state index contributed by atoms with van der Waals surface area (Å²) in [5, 5.41) is 8.85. The lowest BCUT2D eigenvalue weighted by molar-refractivity contribution is -0.172. The Hall–Kier alpha value is -0.330. The van der Waals surface area contributed by atoms with Gasteiger partial charge in [0.25, 0.3) is 0 Å². The van der Waals surface area contributed by atoms with Gasteiger partial charge in [-0.3, -0.25) is 9.59 Å². The van der Waals surface area contributed by atoms with Crippen LogP contribution in [0.4, 0.5) is 0 Å². The average Bonchev–Trinajstić information content (AvgIpc) is 2.01. The summed E-state index contributed by atoms with van der Waals surface area (Å²) in [6.07, 6.45) is 1.16. The third kappa shape index (κ3) is 1.10. The van der Waals surface area contributed by atoms with Gasteiger partial charge in [0.15, 0.2) is 5.41 Å². The van der Waals surface area contributed by atoms with Crippen LogP contribution in [-0.4, -0.2) is 28.1 Å². The van der Waals surface area contributed by atoms with Crippen LogP contribution < -0.4 is 0 Å². The van der Waals surface area contributed by atoms with Crippen LogP contribution in [0.15, 0.2) is 0 Å². The fourth-order valence-corrected chi connectivity index (χ4v) is 2.43. The van der Waals surface area contributed by atoms with Gasteiger partial charge in [-0.15, -0.1) is 0 Å². The third-order valence-corrected chi connectivity index (χ3v) is 3.94. The maximum Gasteiger partial charge on any atom is 0.324 e. The Bertz CT molecular complexity index is 227. The van der Waals surface area contributed by atoms with Crippen molar-refractivity contribution in [3.63, 3.8) is 0 Å². The molecule has 4 nitrogen and oxygen atoms in total. The smallest absolute Gasteiger partial charge is 0.324 e. The molecule has 68 valence electrons. The van der Waals surface area contributed by atoms with Gasteiger partial charge in [-0.1, -0.05) is 22.6 Å². The quantitative estimate of drug-likeness (QED) is 0.353. The zero-order chi connectivity index (χ0) is 9.35. The third-order valence-electron chi connectivity index (χ3n) is 2.26. The number of carboxylic acid groups (broad SMARTS) is 1. The van der Waals surface area contributed by atoms with Crippen LogP contribution in [0.2, 0.25) is 0 Å². The standard InChI is InChI=1S/C7H9IO4/c1-12-6(11)7(5(9)10)3-2-4(7)8/h4H,2-3H2,1H3,(H,9,10). The SMILES string of the molecule is COC(=O)C1(C(=O)O)CCC1I. The molecule has 1 aliphatic carbocycles. The minimum atomic E-state index is -1.27. The fourth-order valence-electron chi connectivity index (χ4n) is 1.28. The first-order chi connectivity index (χ1) is 5.55. The number of alkyl halides is 1. The summed E-state index contributed by atoms with van der Waals surface area (Å²) in [6.45, 7) is 0. The minimum Gasteiger partial charge on any atom is -0.480 e. The number of rotatable bonds is 2. The number of hydrogen-bond acceptors (Lipinski definition) is 3. The van der Waals surface area contributed by atoms with Crippen LogP contribution in [-0.2, 0) is 14.3 Å². The normalized spacial score (nSPS) is 33.7. The van der Waals surface area contributed by atoms with Crippen molar-refractivity contribution in [1.82, 2.24) is 0 Å². The zero-order valence-electron chi connectivity index (χ0n) is 6.54. The maximum atomic E-state index is 11.2. The van der Waals surface area contributed by atoms with Gasteiger partial charge in [-0.2, -0.15) is 0 Å². The highest BCUT2D eigenvalue weighted by Gasteiger charge is 2.59. The molecule has 0 spiro atoms. The van der Waals surface area contributed by atoms with Crippen molar-refractivity contribution < 1.29 is 19.4 Å². The molecule has 0 saturated heterocycles. The van der Waals surface area contributed by atoms with E-state index < -0.39 is 17.4 Å². The van der Waals surface area contributed by atoms with E-state index in [1.807, 2.05) is 22.6 Å². The van der Waals surface area contributed by atoms with Crippen LogP contribution in [0.5, 0.6) is 0 Å². The lowest BCUT2D eigenvalue weighted by atomic mass is 9.69. The molecule has 0 bridgehead atoms. The first-order valence-electron chi connectivity index (χ1n) is 3.51. The summed E-state index contributed by atoms with van der Waals surface area (Å²) < 4.78 is 4.33. The van der Waals surface area contributed by atoms with Crippen LogP contribution in [0.3, 0.4) is 0 Å². The van der Waals surface area contributed by atoms with Crippen LogP contribution in [0.1, 0.15) is 12.8 Å². The van der Waals surface area contributed by atoms with E-state index in [2.05, 4.69) is 4.74 Å². The molecule has 1 N–H and O–H groups in total. The summed E-state index contributed by atoms with van der Waals surface area (Å²) in [5.74, 6) is -1.69. The number of hydrogen-bond donors (Lipinski definition) is 1. The van der Waals surface area contributed by atoms with E-state index in [-0.39, 0.29) is 3.92 Å².